The molecule has 3 N–H and O–H groups in total. The van der Waals surface area contributed by atoms with Crippen molar-refractivity contribution in [2.45, 2.75) is 12.3 Å². The second kappa shape index (κ2) is 5.86. The highest BCUT2D eigenvalue weighted by atomic mass is 16.5. The van der Waals surface area contributed by atoms with Crippen molar-refractivity contribution in [1.29, 1.82) is 0 Å². The minimum Gasteiger partial charge on any atom is -0.464 e. The number of H-pyrrole nitrogens is 2. The first-order valence-electron chi connectivity index (χ1n) is 7.60. The molecule has 0 aromatic carbocycles. The Morgan fingerprint density at radius 1 is 1.32 bits per heavy atom. The summed E-state index contributed by atoms with van der Waals surface area (Å²) in [6.07, 6.45) is 3.38. The van der Waals surface area contributed by atoms with Crippen molar-refractivity contribution in [1.82, 2.24) is 25.4 Å². The molecule has 1 unspecified atom stereocenters. The maximum absolute atomic E-state index is 12.1. The Balaban J connectivity index is 1.87. The molecule has 9 heteroatoms. The van der Waals surface area contributed by atoms with Crippen LogP contribution in [0.5, 0.6) is 0 Å². The Kier molecular flexibility index (Phi) is 3.53. The Bertz CT molecular complexity index is 946. The van der Waals surface area contributed by atoms with Gasteiger partial charge in [-0.05, 0) is 12.1 Å². The van der Waals surface area contributed by atoms with Gasteiger partial charge in [0.05, 0.1) is 24.7 Å². The van der Waals surface area contributed by atoms with Crippen LogP contribution in [0.1, 0.15) is 34.0 Å². The number of fused-ring (bicyclic) bond motifs is 1. The molecule has 4 rings (SSSR count). The first kappa shape index (κ1) is 15.1. The average molecular weight is 338 g/mol. The van der Waals surface area contributed by atoms with E-state index >= 15 is 0 Å². The molecule has 3 aromatic rings. The van der Waals surface area contributed by atoms with Gasteiger partial charge >= 0.3 is 5.97 Å². The number of aromatic nitrogens is 5. The lowest BCUT2D eigenvalue weighted by atomic mass is 9.85. The fraction of sp³-hybridized carbons (Fsp3) is 0.188. The average Bonchev–Trinajstić information content (AvgIpc) is 3.28. The summed E-state index contributed by atoms with van der Waals surface area (Å²) in [7, 11) is 1.29. The molecule has 0 aliphatic carbocycles. The van der Waals surface area contributed by atoms with E-state index in [0.717, 1.165) is 5.56 Å². The van der Waals surface area contributed by atoms with Gasteiger partial charge in [0.2, 0.25) is 5.91 Å². The summed E-state index contributed by atoms with van der Waals surface area (Å²) in [5.74, 6) is -0.692. The lowest BCUT2D eigenvalue weighted by Crippen LogP contribution is -2.24. The number of esters is 1. The van der Waals surface area contributed by atoms with Gasteiger partial charge in [-0.3, -0.25) is 20.0 Å². The zero-order valence-corrected chi connectivity index (χ0v) is 13.2. The number of nitrogens with one attached hydrogen (secondary N) is 3. The Hall–Kier alpha value is -3.49. The number of carbonyl (C=O) groups excluding carboxylic acids is 2. The minimum absolute atomic E-state index is 0.163. The summed E-state index contributed by atoms with van der Waals surface area (Å²) in [5.41, 5.74) is 2.96. The van der Waals surface area contributed by atoms with Crippen LogP contribution in [0.4, 0.5) is 5.82 Å². The number of hydrogen-bond donors (Lipinski definition) is 3. The maximum Gasteiger partial charge on any atom is 0.356 e. The predicted octanol–water partition coefficient (Wildman–Crippen LogP) is 1.46. The highest BCUT2D eigenvalue weighted by molar-refractivity contribution is 5.97. The number of pyridine rings is 1. The van der Waals surface area contributed by atoms with Crippen LogP contribution in [0.3, 0.4) is 0 Å². The molecule has 4 heterocycles. The largest absolute Gasteiger partial charge is 0.464 e. The van der Waals surface area contributed by atoms with Crippen LogP contribution >= 0.6 is 0 Å². The van der Waals surface area contributed by atoms with E-state index in [-0.39, 0.29) is 18.0 Å². The lowest BCUT2D eigenvalue weighted by molar-refractivity contribution is -0.116. The van der Waals surface area contributed by atoms with E-state index in [9.17, 15) is 9.59 Å². The van der Waals surface area contributed by atoms with E-state index < -0.39 is 11.9 Å². The van der Waals surface area contributed by atoms with Crippen LogP contribution in [0.15, 0.2) is 30.6 Å². The predicted molar refractivity (Wildman–Crippen MR) is 86.8 cm³/mol. The molecule has 1 aliphatic rings. The summed E-state index contributed by atoms with van der Waals surface area (Å²) in [4.78, 5) is 28.4. The number of anilines is 1. The van der Waals surface area contributed by atoms with Crippen molar-refractivity contribution in [3.63, 3.8) is 0 Å². The van der Waals surface area contributed by atoms with E-state index in [1.807, 2.05) is 18.2 Å². The van der Waals surface area contributed by atoms with E-state index in [2.05, 4.69) is 30.7 Å². The molecule has 0 saturated heterocycles. The molecule has 0 spiro atoms. The third-order valence-corrected chi connectivity index (χ3v) is 4.15. The van der Waals surface area contributed by atoms with Gasteiger partial charge in [-0.2, -0.15) is 10.2 Å². The number of rotatable bonds is 3. The molecule has 126 valence electrons. The Morgan fingerprint density at radius 2 is 2.20 bits per heavy atom. The molecule has 0 fully saturated rings. The molecular formula is C16H14N6O3. The molecule has 9 nitrogen and oxygen atoms in total. The standard InChI is InChI=1S/C16H14N6O3/c1-25-16(24)13-9(7-18-20-13)8-6-11(23)19-15-12(8)14(21-22-15)10-4-2-3-5-17-10/h2-5,7-8H,6H2,1H3,(H,18,20)(H2,19,21,22,23). The Morgan fingerprint density at radius 3 is 2.96 bits per heavy atom. The number of hydrogen-bond acceptors (Lipinski definition) is 6. The third-order valence-electron chi connectivity index (χ3n) is 4.15. The zero-order valence-electron chi connectivity index (χ0n) is 13.2. The molecule has 25 heavy (non-hydrogen) atoms. The van der Waals surface area contributed by atoms with Gasteiger partial charge in [-0.25, -0.2) is 4.79 Å². The van der Waals surface area contributed by atoms with E-state index in [4.69, 9.17) is 4.74 Å². The van der Waals surface area contributed by atoms with Crippen molar-refractivity contribution >= 4 is 17.7 Å². The normalized spacial score (nSPS) is 16.2. The number of aromatic amines is 2. The van der Waals surface area contributed by atoms with Crippen LogP contribution in [0.25, 0.3) is 11.4 Å². The van der Waals surface area contributed by atoms with Crippen LogP contribution in [0, 0.1) is 0 Å². The maximum atomic E-state index is 12.1. The highest BCUT2D eigenvalue weighted by Gasteiger charge is 2.35. The molecule has 0 saturated carbocycles. The van der Waals surface area contributed by atoms with Crippen molar-refractivity contribution in [2.75, 3.05) is 12.4 Å². The fourth-order valence-electron chi connectivity index (χ4n) is 3.05. The van der Waals surface area contributed by atoms with Crippen LogP contribution in [-0.2, 0) is 9.53 Å². The van der Waals surface area contributed by atoms with Gasteiger partial charge in [0.15, 0.2) is 5.82 Å². The molecular weight excluding hydrogens is 324 g/mol. The number of amides is 1. The van der Waals surface area contributed by atoms with Gasteiger partial charge in [0.1, 0.15) is 5.69 Å². The highest BCUT2D eigenvalue weighted by Crippen LogP contribution is 2.41. The van der Waals surface area contributed by atoms with Gasteiger partial charge in [0, 0.05) is 29.7 Å². The molecule has 3 aromatic heterocycles. The quantitative estimate of drug-likeness (QED) is 0.621. The van der Waals surface area contributed by atoms with Gasteiger partial charge < -0.3 is 10.1 Å². The summed E-state index contributed by atoms with van der Waals surface area (Å²) in [6, 6.07) is 5.53. The first-order chi connectivity index (χ1) is 12.2. The smallest absolute Gasteiger partial charge is 0.356 e. The SMILES string of the molecule is COC(=O)c1[nH]ncc1C1CC(=O)Nc2n[nH]c(-c3ccccn3)c21. The molecule has 1 atom stereocenters. The zero-order chi connectivity index (χ0) is 17.4. The van der Waals surface area contributed by atoms with Crippen LogP contribution in [-0.4, -0.2) is 44.4 Å². The summed E-state index contributed by atoms with van der Waals surface area (Å²) in [5, 5.41) is 16.5. The van der Waals surface area contributed by atoms with Crippen LogP contribution in [0.2, 0.25) is 0 Å². The molecule has 0 bridgehead atoms. The van der Waals surface area contributed by atoms with Crippen molar-refractivity contribution < 1.29 is 14.3 Å². The molecule has 0 radical (unpaired) electrons. The van der Waals surface area contributed by atoms with Gasteiger partial charge in [-0.15, -0.1) is 0 Å². The number of methoxy groups -OCH3 is 1. The monoisotopic (exact) mass is 338 g/mol. The summed E-state index contributed by atoms with van der Waals surface area (Å²) in [6.45, 7) is 0. The van der Waals surface area contributed by atoms with Gasteiger partial charge in [0.25, 0.3) is 0 Å². The minimum atomic E-state index is -0.539. The van der Waals surface area contributed by atoms with E-state index in [1.165, 1.54) is 13.3 Å². The molecule has 1 aliphatic heterocycles. The Labute approximate surface area is 141 Å². The fourth-order valence-corrected chi connectivity index (χ4v) is 3.05. The van der Waals surface area contributed by atoms with Crippen molar-refractivity contribution in [2.24, 2.45) is 0 Å². The topological polar surface area (TPSA) is 126 Å². The number of carbonyl (C=O) groups is 2. The third kappa shape index (κ3) is 2.45. The number of ether oxygens (including phenoxy) is 1. The van der Waals surface area contributed by atoms with E-state index in [1.54, 1.807) is 6.20 Å². The van der Waals surface area contributed by atoms with Gasteiger partial charge in [-0.1, -0.05) is 6.07 Å². The number of nitrogens with zero attached hydrogens (tertiary/aromatic N) is 3. The van der Waals surface area contributed by atoms with Crippen LogP contribution < -0.4 is 5.32 Å². The second-order valence-electron chi connectivity index (χ2n) is 5.57. The van der Waals surface area contributed by atoms with Crippen molar-refractivity contribution in [3.8, 4) is 11.4 Å². The summed E-state index contributed by atoms with van der Waals surface area (Å²) < 4.78 is 4.79. The lowest BCUT2D eigenvalue weighted by Gasteiger charge is -2.22. The van der Waals surface area contributed by atoms with E-state index in [0.29, 0.717) is 22.8 Å². The molecule has 1 amide bonds. The van der Waals surface area contributed by atoms with Crippen molar-refractivity contribution in [3.05, 3.63) is 47.4 Å². The summed E-state index contributed by atoms with van der Waals surface area (Å²) >= 11 is 0. The second-order valence-corrected chi connectivity index (χ2v) is 5.57. The first-order valence-corrected chi connectivity index (χ1v) is 7.60.